The Bertz CT molecular complexity index is 1200. The van der Waals surface area contributed by atoms with Gasteiger partial charge in [-0.3, -0.25) is 4.79 Å². The molecule has 0 saturated carbocycles. The maximum Gasteiger partial charge on any atom is 0.514 e. The summed E-state index contributed by atoms with van der Waals surface area (Å²) in [5.41, 5.74) is -2.34. The molecule has 0 bridgehead atoms. The van der Waals surface area contributed by atoms with Gasteiger partial charge in [-0.15, -0.1) is 0 Å². The topological polar surface area (TPSA) is 65.7 Å². The van der Waals surface area contributed by atoms with E-state index < -0.39 is 34.7 Å². The highest BCUT2D eigenvalue weighted by Crippen LogP contribution is 2.40. The summed E-state index contributed by atoms with van der Waals surface area (Å²) in [4.78, 5) is 24.4. The molecule has 0 aliphatic heterocycles. The fraction of sp³-hybridized carbons (Fsp3) is 0.100. The highest BCUT2D eigenvalue weighted by atomic mass is 35.5. The van der Waals surface area contributed by atoms with Crippen molar-refractivity contribution < 1.29 is 31.9 Å². The van der Waals surface area contributed by atoms with Crippen LogP contribution in [0.2, 0.25) is 10.0 Å². The van der Waals surface area contributed by atoms with Crippen molar-refractivity contribution in [1.82, 2.24) is 0 Å². The monoisotopic (exact) mass is 458 g/mol. The van der Waals surface area contributed by atoms with Crippen molar-refractivity contribution in [3.8, 4) is 16.9 Å². The van der Waals surface area contributed by atoms with Crippen LogP contribution in [-0.2, 0) is 10.9 Å². The number of halogens is 5. The van der Waals surface area contributed by atoms with Crippen LogP contribution >= 0.6 is 23.2 Å². The predicted molar refractivity (Wildman–Crippen MR) is 105 cm³/mol. The molecule has 0 saturated heterocycles. The minimum atomic E-state index is -5.01. The molecule has 3 rings (SSSR count). The van der Waals surface area contributed by atoms with E-state index in [9.17, 15) is 22.8 Å². The van der Waals surface area contributed by atoms with Gasteiger partial charge < -0.3 is 13.9 Å². The predicted octanol–water partition coefficient (Wildman–Crippen LogP) is 6.49. The molecular formula is C20H11Cl2F3O5. The van der Waals surface area contributed by atoms with Crippen LogP contribution in [0.3, 0.4) is 0 Å². The van der Waals surface area contributed by atoms with Crippen molar-refractivity contribution in [3.63, 3.8) is 0 Å². The summed E-state index contributed by atoms with van der Waals surface area (Å²) < 4.78 is 55.6. The highest BCUT2D eigenvalue weighted by molar-refractivity contribution is 6.36. The van der Waals surface area contributed by atoms with Gasteiger partial charge in [0.15, 0.2) is 0 Å². The van der Waals surface area contributed by atoms with E-state index in [1.165, 1.54) is 36.4 Å². The Morgan fingerprint density at radius 1 is 1.17 bits per heavy atom. The Labute approximate surface area is 177 Å². The lowest BCUT2D eigenvalue weighted by molar-refractivity contribution is -0.152. The van der Waals surface area contributed by atoms with Gasteiger partial charge >= 0.3 is 12.3 Å². The van der Waals surface area contributed by atoms with Crippen LogP contribution in [-0.4, -0.2) is 12.8 Å². The van der Waals surface area contributed by atoms with Crippen LogP contribution in [0.1, 0.15) is 5.76 Å². The van der Waals surface area contributed by atoms with Gasteiger partial charge in [-0.1, -0.05) is 41.9 Å². The molecule has 0 spiro atoms. The first kappa shape index (κ1) is 21.7. The Morgan fingerprint density at radius 3 is 2.53 bits per heavy atom. The lowest BCUT2D eigenvalue weighted by atomic mass is 10.0. The molecule has 0 aliphatic rings. The van der Waals surface area contributed by atoms with Gasteiger partial charge in [0, 0.05) is 16.7 Å². The first-order valence-electron chi connectivity index (χ1n) is 8.21. The van der Waals surface area contributed by atoms with Crippen LogP contribution in [0.15, 0.2) is 58.3 Å². The number of hydrogen-bond donors (Lipinski definition) is 0. The van der Waals surface area contributed by atoms with Crippen LogP contribution in [0.5, 0.6) is 5.75 Å². The number of rotatable bonds is 4. The second kappa shape index (κ2) is 8.41. The first-order chi connectivity index (χ1) is 14.1. The van der Waals surface area contributed by atoms with E-state index in [0.717, 1.165) is 6.07 Å². The number of carbonyl (C=O) groups excluding carboxylic acids is 1. The van der Waals surface area contributed by atoms with Crippen LogP contribution in [0.4, 0.5) is 18.0 Å². The number of ether oxygens (including phenoxy) is 2. The molecule has 0 amide bonds. The van der Waals surface area contributed by atoms with Crippen molar-refractivity contribution in [2.75, 3.05) is 6.61 Å². The molecule has 1 heterocycles. The maximum atomic E-state index is 13.7. The number of benzene rings is 2. The van der Waals surface area contributed by atoms with Gasteiger partial charge in [-0.2, -0.15) is 13.2 Å². The van der Waals surface area contributed by atoms with Gasteiger partial charge in [0.25, 0.3) is 0 Å². The van der Waals surface area contributed by atoms with E-state index in [4.69, 9.17) is 32.4 Å². The third-order valence-corrected chi connectivity index (χ3v) is 4.39. The molecule has 1 aromatic heterocycles. The smallest absolute Gasteiger partial charge is 0.450 e. The summed E-state index contributed by atoms with van der Waals surface area (Å²) >= 11 is 11.8. The van der Waals surface area contributed by atoms with E-state index in [0.29, 0.717) is 0 Å². The third kappa shape index (κ3) is 4.44. The van der Waals surface area contributed by atoms with Gasteiger partial charge in [-0.05, 0) is 24.3 Å². The zero-order valence-electron chi connectivity index (χ0n) is 14.9. The largest absolute Gasteiger partial charge is 0.514 e. The van der Waals surface area contributed by atoms with Gasteiger partial charge in [0.1, 0.15) is 17.9 Å². The summed E-state index contributed by atoms with van der Waals surface area (Å²) in [5.74, 6) is -1.72. The van der Waals surface area contributed by atoms with Crippen molar-refractivity contribution in [1.29, 1.82) is 0 Å². The molecule has 2 aromatic carbocycles. The minimum Gasteiger partial charge on any atom is -0.450 e. The van der Waals surface area contributed by atoms with E-state index in [1.54, 1.807) is 0 Å². The summed E-state index contributed by atoms with van der Waals surface area (Å²) in [7, 11) is 0. The molecular weight excluding hydrogens is 448 g/mol. The fourth-order valence-electron chi connectivity index (χ4n) is 2.63. The number of hydrogen-bond acceptors (Lipinski definition) is 5. The quantitative estimate of drug-likeness (QED) is 0.254. The zero-order valence-corrected chi connectivity index (χ0v) is 16.4. The Kier molecular flexibility index (Phi) is 6.09. The van der Waals surface area contributed by atoms with E-state index in [2.05, 4.69) is 11.3 Å². The molecule has 30 heavy (non-hydrogen) atoms. The maximum absolute atomic E-state index is 13.7. The van der Waals surface area contributed by atoms with Crippen molar-refractivity contribution in [2.24, 2.45) is 0 Å². The summed E-state index contributed by atoms with van der Waals surface area (Å²) in [5, 5.41) is -0.131. The SMILES string of the molecule is C=CCOC(=O)Oc1ccc2c(=O)c(-c3ccc(Cl)cc3Cl)c(C(F)(F)F)oc2c1. The van der Waals surface area contributed by atoms with Crippen LogP contribution < -0.4 is 10.2 Å². The molecule has 0 fully saturated rings. The standard InChI is InChI=1S/C20H11Cl2F3O5/c1-2-7-28-19(27)29-11-4-6-13-15(9-11)30-18(20(23,24)25)16(17(13)26)12-5-3-10(21)8-14(12)22/h2-6,8-9H,1,7H2. The van der Waals surface area contributed by atoms with E-state index in [1.807, 2.05) is 0 Å². The number of fused-ring (bicyclic) bond motifs is 1. The van der Waals surface area contributed by atoms with E-state index in [-0.39, 0.29) is 33.4 Å². The number of carbonyl (C=O) groups is 1. The Balaban J connectivity index is 2.20. The van der Waals surface area contributed by atoms with Gasteiger partial charge in [-0.25, -0.2) is 4.79 Å². The normalized spacial score (nSPS) is 11.4. The summed E-state index contributed by atoms with van der Waals surface area (Å²) in [6, 6.07) is 7.09. The Hall–Kier alpha value is -2.97. The molecule has 5 nitrogen and oxygen atoms in total. The van der Waals surface area contributed by atoms with Crippen molar-refractivity contribution in [2.45, 2.75) is 6.18 Å². The lowest BCUT2D eigenvalue weighted by Gasteiger charge is -2.14. The first-order valence-corrected chi connectivity index (χ1v) is 8.96. The average molecular weight is 459 g/mol. The van der Waals surface area contributed by atoms with Gasteiger partial charge in [0.05, 0.1) is 16.0 Å². The van der Waals surface area contributed by atoms with Crippen LogP contribution in [0, 0.1) is 0 Å². The molecule has 156 valence electrons. The molecule has 0 aliphatic carbocycles. The van der Waals surface area contributed by atoms with Gasteiger partial charge in [0.2, 0.25) is 11.2 Å². The summed E-state index contributed by atoms with van der Waals surface area (Å²) in [6.07, 6.45) is -4.80. The number of alkyl halides is 3. The molecule has 0 unspecified atom stereocenters. The van der Waals surface area contributed by atoms with Crippen LogP contribution in [0.25, 0.3) is 22.1 Å². The third-order valence-electron chi connectivity index (χ3n) is 3.84. The summed E-state index contributed by atoms with van der Waals surface area (Å²) in [6.45, 7) is 3.24. The fourth-order valence-corrected chi connectivity index (χ4v) is 3.13. The molecule has 0 radical (unpaired) electrons. The molecule has 10 heteroatoms. The minimum absolute atomic E-state index is 0.120. The highest BCUT2D eigenvalue weighted by Gasteiger charge is 2.40. The Morgan fingerprint density at radius 2 is 1.90 bits per heavy atom. The van der Waals surface area contributed by atoms with Crippen molar-refractivity contribution >= 4 is 40.3 Å². The zero-order chi connectivity index (χ0) is 22.1. The molecule has 0 N–H and O–H groups in total. The molecule has 3 aromatic rings. The second-order valence-electron chi connectivity index (χ2n) is 5.87. The van der Waals surface area contributed by atoms with Crippen molar-refractivity contribution in [3.05, 3.63) is 75.1 Å². The lowest BCUT2D eigenvalue weighted by Crippen LogP contribution is -2.16. The second-order valence-corrected chi connectivity index (χ2v) is 6.71. The average Bonchev–Trinajstić information content (AvgIpc) is 2.66. The molecule has 0 atom stereocenters. The van der Waals surface area contributed by atoms with E-state index >= 15 is 0 Å².